The van der Waals surface area contributed by atoms with E-state index in [0.29, 0.717) is 22.0 Å². The predicted molar refractivity (Wildman–Crippen MR) is 95.4 cm³/mol. The Kier molecular flexibility index (Phi) is 5.23. The van der Waals surface area contributed by atoms with Crippen LogP contribution in [0, 0.1) is 0 Å². The Bertz CT molecular complexity index is 713. The Morgan fingerprint density at radius 2 is 1.88 bits per heavy atom. The van der Waals surface area contributed by atoms with Gasteiger partial charge in [-0.3, -0.25) is 4.79 Å². The molecule has 0 saturated carbocycles. The van der Waals surface area contributed by atoms with E-state index in [1.807, 2.05) is 24.3 Å². The third kappa shape index (κ3) is 3.80. The smallest absolute Gasteiger partial charge is 0.255 e. The van der Waals surface area contributed by atoms with Gasteiger partial charge in [0.1, 0.15) is 5.75 Å². The van der Waals surface area contributed by atoms with E-state index in [4.69, 9.17) is 21.1 Å². The maximum atomic E-state index is 12.3. The Hall–Kier alpha value is -2.24. The summed E-state index contributed by atoms with van der Waals surface area (Å²) in [7, 11) is 1.55. The monoisotopic (exact) mass is 346 g/mol. The number of ether oxygens (including phenoxy) is 2. The molecule has 5 nitrogen and oxygen atoms in total. The number of carbonyl (C=O) groups excluding carboxylic acids is 1. The Morgan fingerprint density at radius 1 is 1.17 bits per heavy atom. The van der Waals surface area contributed by atoms with Crippen LogP contribution in [0.4, 0.5) is 11.4 Å². The number of nitrogens with zero attached hydrogens (tertiary/aromatic N) is 1. The molecule has 1 saturated heterocycles. The number of rotatable bonds is 4. The number of anilines is 2. The second-order valence-electron chi connectivity index (χ2n) is 5.45. The largest absolute Gasteiger partial charge is 0.495 e. The maximum absolute atomic E-state index is 12.3. The highest BCUT2D eigenvalue weighted by Gasteiger charge is 2.12. The number of methoxy groups -OCH3 is 1. The predicted octanol–water partition coefficient (Wildman–Crippen LogP) is 3.44. The van der Waals surface area contributed by atoms with Gasteiger partial charge in [-0.05, 0) is 42.5 Å². The molecule has 0 aromatic heterocycles. The Balaban J connectivity index is 1.67. The highest BCUT2D eigenvalue weighted by molar-refractivity contribution is 6.32. The van der Waals surface area contributed by atoms with Gasteiger partial charge in [0, 0.05) is 30.0 Å². The fourth-order valence-corrected chi connectivity index (χ4v) is 2.85. The van der Waals surface area contributed by atoms with E-state index in [9.17, 15) is 4.79 Å². The summed E-state index contributed by atoms with van der Waals surface area (Å²) in [5.74, 6) is 0.397. The van der Waals surface area contributed by atoms with Gasteiger partial charge in [-0.25, -0.2) is 0 Å². The lowest BCUT2D eigenvalue weighted by Gasteiger charge is -2.28. The summed E-state index contributed by atoms with van der Waals surface area (Å²) in [5, 5.41) is 3.29. The van der Waals surface area contributed by atoms with E-state index in [1.165, 1.54) is 0 Å². The average Bonchev–Trinajstić information content (AvgIpc) is 2.63. The van der Waals surface area contributed by atoms with Crippen LogP contribution >= 0.6 is 11.6 Å². The van der Waals surface area contributed by atoms with Crippen LogP contribution < -0.4 is 15.0 Å². The molecule has 1 aliphatic heterocycles. The van der Waals surface area contributed by atoms with Gasteiger partial charge in [-0.2, -0.15) is 0 Å². The summed E-state index contributed by atoms with van der Waals surface area (Å²) < 4.78 is 10.5. The molecule has 1 N–H and O–H groups in total. The zero-order chi connectivity index (χ0) is 16.9. The third-order valence-corrected chi connectivity index (χ3v) is 4.21. The van der Waals surface area contributed by atoms with Gasteiger partial charge in [0.15, 0.2) is 0 Å². The van der Waals surface area contributed by atoms with Gasteiger partial charge >= 0.3 is 0 Å². The van der Waals surface area contributed by atoms with Gasteiger partial charge in [0.25, 0.3) is 5.91 Å². The molecule has 0 aliphatic carbocycles. The molecule has 24 heavy (non-hydrogen) atoms. The standard InChI is InChI=1S/C18H19ClN2O3/c1-23-17-7-4-14(12-16(17)19)20-18(22)13-2-5-15(6-3-13)21-8-10-24-11-9-21/h2-7,12H,8-11H2,1H3,(H,20,22). The van der Waals surface area contributed by atoms with Gasteiger partial charge in [0.2, 0.25) is 0 Å². The highest BCUT2D eigenvalue weighted by atomic mass is 35.5. The van der Waals surface area contributed by atoms with Crippen molar-refractivity contribution in [2.75, 3.05) is 43.6 Å². The van der Waals surface area contributed by atoms with E-state index in [2.05, 4.69) is 10.2 Å². The second kappa shape index (κ2) is 7.55. The summed E-state index contributed by atoms with van der Waals surface area (Å²) in [5.41, 5.74) is 2.32. The average molecular weight is 347 g/mol. The molecule has 6 heteroatoms. The number of morpholine rings is 1. The molecule has 1 aliphatic rings. The molecule has 126 valence electrons. The third-order valence-electron chi connectivity index (χ3n) is 3.92. The molecule has 0 bridgehead atoms. The van der Waals surface area contributed by atoms with Crippen LogP contribution in [-0.4, -0.2) is 39.3 Å². The summed E-state index contributed by atoms with van der Waals surface area (Å²) >= 11 is 6.07. The number of carbonyl (C=O) groups is 1. The topological polar surface area (TPSA) is 50.8 Å². The summed E-state index contributed by atoms with van der Waals surface area (Å²) in [6.45, 7) is 3.21. The SMILES string of the molecule is COc1ccc(NC(=O)c2ccc(N3CCOCC3)cc2)cc1Cl. The fourth-order valence-electron chi connectivity index (χ4n) is 2.59. The van der Waals surface area contributed by atoms with Crippen LogP contribution in [-0.2, 0) is 4.74 Å². The van der Waals surface area contributed by atoms with E-state index in [-0.39, 0.29) is 5.91 Å². The summed E-state index contributed by atoms with van der Waals surface area (Å²) in [6.07, 6.45) is 0. The van der Waals surface area contributed by atoms with Crippen LogP contribution in [0.2, 0.25) is 5.02 Å². The molecule has 1 heterocycles. The minimum atomic E-state index is -0.176. The molecular formula is C18H19ClN2O3. The first-order chi connectivity index (χ1) is 11.7. The van der Waals surface area contributed by atoms with Gasteiger partial charge in [-0.1, -0.05) is 11.6 Å². The normalized spacial score (nSPS) is 14.3. The lowest BCUT2D eigenvalue weighted by Crippen LogP contribution is -2.36. The van der Waals surface area contributed by atoms with Gasteiger partial charge in [0.05, 0.1) is 25.3 Å². The number of amides is 1. The first-order valence-corrected chi connectivity index (χ1v) is 8.13. The molecule has 3 rings (SSSR count). The van der Waals surface area contributed by atoms with Crippen LogP contribution in [0.5, 0.6) is 5.75 Å². The van der Waals surface area contributed by atoms with Gasteiger partial charge in [-0.15, -0.1) is 0 Å². The lowest BCUT2D eigenvalue weighted by atomic mass is 10.1. The van der Waals surface area contributed by atoms with Crippen molar-refractivity contribution in [1.29, 1.82) is 0 Å². The van der Waals surface area contributed by atoms with E-state index >= 15 is 0 Å². The molecule has 2 aromatic carbocycles. The van der Waals surface area contributed by atoms with Crippen molar-refractivity contribution in [2.45, 2.75) is 0 Å². The Morgan fingerprint density at radius 3 is 2.50 bits per heavy atom. The number of benzene rings is 2. The van der Waals surface area contributed by atoms with Gasteiger partial charge < -0.3 is 19.7 Å². The zero-order valence-electron chi connectivity index (χ0n) is 13.4. The van der Waals surface area contributed by atoms with Crippen molar-refractivity contribution in [2.24, 2.45) is 0 Å². The van der Waals surface area contributed by atoms with E-state index in [1.54, 1.807) is 25.3 Å². The number of nitrogens with one attached hydrogen (secondary N) is 1. The zero-order valence-corrected chi connectivity index (χ0v) is 14.2. The highest BCUT2D eigenvalue weighted by Crippen LogP contribution is 2.27. The minimum absolute atomic E-state index is 0.176. The molecular weight excluding hydrogens is 328 g/mol. The molecule has 1 fully saturated rings. The van der Waals surface area contributed by atoms with Crippen molar-refractivity contribution in [3.05, 3.63) is 53.1 Å². The first kappa shape index (κ1) is 16.6. The van der Waals surface area contributed by atoms with Crippen LogP contribution in [0.15, 0.2) is 42.5 Å². The lowest BCUT2D eigenvalue weighted by molar-refractivity contribution is 0.102. The van der Waals surface area contributed by atoms with Crippen molar-refractivity contribution in [3.63, 3.8) is 0 Å². The molecule has 1 amide bonds. The molecule has 0 unspecified atom stereocenters. The van der Waals surface area contributed by atoms with Crippen molar-refractivity contribution in [3.8, 4) is 5.75 Å². The number of hydrogen-bond acceptors (Lipinski definition) is 4. The van der Waals surface area contributed by atoms with Crippen LogP contribution in [0.3, 0.4) is 0 Å². The second-order valence-corrected chi connectivity index (χ2v) is 5.86. The molecule has 0 spiro atoms. The van der Waals surface area contributed by atoms with Crippen molar-refractivity contribution < 1.29 is 14.3 Å². The fraction of sp³-hybridized carbons (Fsp3) is 0.278. The minimum Gasteiger partial charge on any atom is -0.495 e. The molecule has 0 atom stereocenters. The van der Waals surface area contributed by atoms with Crippen molar-refractivity contribution >= 4 is 28.9 Å². The molecule has 2 aromatic rings. The summed E-state index contributed by atoms with van der Waals surface area (Å²) in [6, 6.07) is 12.7. The molecule has 0 radical (unpaired) electrons. The van der Waals surface area contributed by atoms with Crippen LogP contribution in [0.1, 0.15) is 10.4 Å². The summed E-state index contributed by atoms with van der Waals surface area (Å²) in [4.78, 5) is 14.6. The maximum Gasteiger partial charge on any atom is 0.255 e. The van der Waals surface area contributed by atoms with Crippen LogP contribution in [0.25, 0.3) is 0 Å². The Labute approximate surface area is 146 Å². The van der Waals surface area contributed by atoms with E-state index in [0.717, 1.165) is 32.0 Å². The number of halogens is 1. The number of hydrogen-bond donors (Lipinski definition) is 1. The van der Waals surface area contributed by atoms with Crippen molar-refractivity contribution in [1.82, 2.24) is 0 Å². The quantitative estimate of drug-likeness (QED) is 0.921. The first-order valence-electron chi connectivity index (χ1n) is 7.75. The van der Waals surface area contributed by atoms with E-state index < -0.39 is 0 Å².